The first-order valence-electron chi connectivity index (χ1n) is 10.4. The molecule has 6 nitrogen and oxygen atoms in total. The van der Waals surface area contributed by atoms with Crippen molar-refractivity contribution >= 4 is 39.9 Å². The van der Waals surface area contributed by atoms with E-state index in [0.29, 0.717) is 17.9 Å². The monoisotopic (exact) mass is 482 g/mol. The first-order valence-corrected chi connectivity index (χ1v) is 11.2. The number of rotatable bonds is 5. The van der Waals surface area contributed by atoms with Gasteiger partial charge < -0.3 is 4.74 Å². The molecule has 4 rings (SSSR count). The molecule has 7 heteroatoms. The zero-order valence-electron chi connectivity index (χ0n) is 17.0. The Kier molecular flexibility index (Phi) is 6.51. The summed E-state index contributed by atoms with van der Waals surface area (Å²) in [4.78, 5) is 39.3. The van der Waals surface area contributed by atoms with Crippen LogP contribution in [-0.2, 0) is 16.2 Å². The first kappa shape index (κ1) is 21.3. The second-order valence-corrected chi connectivity index (χ2v) is 8.66. The van der Waals surface area contributed by atoms with Gasteiger partial charge in [0.25, 0.3) is 11.8 Å². The summed E-state index contributed by atoms with van der Waals surface area (Å²) in [6.45, 7) is 0.353. The molecule has 0 unspecified atom stereocenters. The maximum Gasteiger partial charge on any atom is 0.331 e. The Bertz CT molecular complexity index is 1030. The molecule has 31 heavy (non-hydrogen) atoms. The van der Waals surface area contributed by atoms with E-state index in [1.807, 2.05) is 36.4 Å². The number of halogens is 1. The largest absolute Gasteiger partial charge is 0.488 e. The molecular formula is C24H23BrN2O4. The second-order valence-electron chi connectivity index (χ2n) is 7.74. The van der Waals surface area contributed by atoms with Crippen LogP contribution in [0.15, 0.2) is 58.6 Å². The van der Waals surface area contributed by atoms with E-state index in [1.165, 1.54) is 11.0 Å². The van der Waals surface area contributed by atoms with Crippen LogP contribution in [0, 0.1) is 0 Å². The number of carbonyl (C=O) groups is 3. The molecule has 1 saturated carbocycles. The average molecular weight is 483 g/mol. The Hall–Kier alpha value is -2.93. The minimum Gasteiger partial charge on any atom is -0.488 e. The number of urea groups is 1. The third kappa shape index (κ3) is 4.88. The number of nitrogens with one attached hydrogen (secondary N) is 1. The van der Waals surface area contributed by atoms with E-state index in [4.69, 9.17) is 4.74 Å². The normalized spacial score (nSPS) is 18.9. The van der Waals surface area contributed by atoms with E-state index in [9.17, 15) is 14.4 Å². The van der Waals surface area contributed by atoms with Crippen LogP contribution in [0.2, 0.25) is 0 Å². The molecule has 1 aliphatic heterocycles. The SMILES string of the molecule is O=C1NC(=O)N(C2CCCCC2)C(=O)C1=Cc1cc(Br)ccc1OCc1ccccc1. The van der Waals surface area contributed by atoms with Crippen molar-refractivity contribution in [3.05, 3.63) is 69.7 Å². The summed E-state index contributed by atoms with van der Waals surface area (Å²) in [6, 6.07) is 14.3. The molecular weight excluding hydrogens is 460 g/mol. The summed E-state index contributed by atoms with van der Waals surface area (Å²) < 4.78 is 6.75. The molecule has 0 spiro atoms. The van der Waals surface area contributed by atoms with Gasteiger partial charge in [0.05, 0.1) is 0 Å². The molecule has 2 aromatic carbocycles. The Morgan fingerprint density at radius 2 is 1.77 bits per heavy atom. The quantitative estimate of drug-likeness (QED) is 0.489. The van der Waals surface area contributed by atoms with Gasteiger partial charge in [0.2, 0.25) is 0 Å². The summed E-state index contributed by atoms with van der Waals surface area (Å²) >= 11 is 3.44. The minimum atomic E-state index is -0.684. The standard InChI is InChI=1S/C24H23BrN2O4/c25-18-11-12-21(31-15-16-7-3-1-4-8-16)17(13-18)14-20-22(28)26-24(30)27(23(20)29)19-9-5-2-6-10-19/h1,3-4,7-8,11-14,19H,2,5-6,9-10,15H2,(H,26,28,30). The van der Waals surface area contributed by atoms with E-state index in [-0.39, 0.29) is 11.6 Å². The van der Waals surface area contributed by atoms with Gasteiger partial charge in [-0.25, -0.2) is 4.79 Å². The topological polar surface area (TPSA) is 75.7 Å². The Labute approximate surface area is 189 Å². The van der Waals surface area contributed by atoms with Crippen LogP contribution >= 0.6 is 15.9 Å². The van der Waals surface area contributed by atoms with Crippen LogP contribution in [0.1, 0.15) is 43.2 Å². The highest BCUT2D eigenvalue weighted by molar-refractivity contribution is 9.10. The lowest BCUT2D eigenvalue weighted by Crippen LogP contribution is -2.58. The molecule has 160 valence electrons. The van der Waals surface area contributed by atoms with Crippen molar-refractivity contribution in [3.63, 3.8) is 0 Å². The van der Waals surface area contributed by atoms with Crippen LogP contribution in [-0.4, -0.2) is 28.8 Å². The van der Waals surface area contributed by atoms with Gasteiger partial charge in [0, 0.05) is 16.1 Å². The first-order chi connectivity index (χ1) is 15.0. The third-order valence-corrected chi connectivity index (χ3v) is 6.08. The van der Waals surface area contributed by atoms with Gasteiger partial charge in [0.15, 0.2) is 0 Å². The van der Waals surface area contributed by atoms with Gasteiger partial charge >= 0.3 is 6.03 Å². The number of nitrogens with zero attached hydrogens (tertiary/aromatic N) is 1. The molecule has 1 heterocycles. The Morgan fingerprint density at radius 3 is 2.52 bits per heavy atom. The van der Waals surface area contributed by atoms with Crippen molar-refractivity contribution in [2.45, 2.75) is 44.8 Å². The van der Waals surface area contributed by atoms with E-state index in [1.54, 1.807) is 12.1 Å². The Balaban J connectivity index is 1.62. The number of imide groups is 2. The summed E-state index contributed by atoms with van der Waals surface area (Å²) in [5.74, 6) is -0.688. The van der Waals surface area contributed by atoms with Gasteiger partial charge in [-0.3, -0.25) is 19.8 Å². The fourth-order valence-electron chi connectivity index (χ4n) is 4.00. The number of benzene rings is 2. The fraction of sp³-hybridized carbons (Fsp3) is 0.292. The summed E-state index contributed by atoms with van der Waals surface area (Å²) in [5, 5.41) is 2.33. The average Bonchev–Trinajstić information content (AvgIpc) is 2.77. The number of carbonyl (C=O) groups excluding carboxylic acids is 3. The predicted octanol–water partition coefficient (Wildman–Crippen LogP) is 4.82. The maximum atomic E-state index is 13.1. The molecule has 2 fully saturated rings. The van der Waals surface area contributed by atoms with Crippen molar-refractivity contribution in [3.8, 4) is 5.75 Å². The van der Waals surface area contributed by atoms with E-state index in [0.717, 1.165) is 42.1 Å². The molecule has 2 aliphatic rings. The maximum absolute atomic E-state index is 13.1. The molecule has 1 N–H and O–H groups in total. The molecule has 0 bridgehead atoms. The van der Waals surface area contributed by atoms with Crippen LogP contribution in [0.3, 0.4) is 0 Å². The predicted molar refractivity (Wildman–Crippen MR) is 120 cm³/mol. The van der Waals surface area contributed by atoms with Crippen molar-refractivity contribution in [2.24, 2.45) is 0 Å². The van der Waals surface area contributed by atoms with Gasteiger partial charge in [-0.05, 0) is 42.7 Å². The number of barbiturate groups is 1. The molecule has 0 atom stereocenters. The number of amides is 4. The highest BCUT2D eigenvalue weighted by Gasteiger charge is 2.40. The molecule has 0 aromatic heterocycles. The lowest BCUT2D eigenvalue weighted by Gasteiger charge is -2.35. The summed E-state index contributed by atoms with van der Waals surface area (Å²) in [6.07, 6.45) is 6.08. The van der Waals surface area contributed by atoms with Crippen molar-refractivity contribution in [1.29, 1.82) is 0 Å². The molecule has 1 aliphatic carbocycles. The van der Waals surface area contributed by atoms with Gasteiger partial charge in [-0.2, -0.15) is 0 Å². The number of hydrogen-bond acceptors (Lipinski definition) is 4. The number of ether oxygens (including phenoxy) is 1. The van der Waals surface area contributed by atoms with Crippen LogP contribution in [0.25, 0.3) is 6.08 Å². The van der Waals surface area contributed by atoms with Crippen molar-refractivity contribution < 1.29 is 19.1 Å². The van der Waals surface area contributed by atoms with Gasteiger partial charge in [0.1, 0.15) is 17.9 Å². The minimum absolute atomic E-state index is 0.0622. The van der Waals surface area contributed by atoms with Crippen LogP contribution in [0.5, 0.6) is 5.75 Å². The van der Waals surface area contributed by atoms with E-state index >= 15 is 0 Å². The Morgan fingerprint density at radius 1 is 1.03 bits per heavy atom. The molecule has 2 aromatic rings. The second kappa shape index (κ2) is 9.47. The van der Waals surface area contributed by atoms with E-state index < -0.39 is 17.8 Å². The van der Waals surface area contributed by atoms with E-state index in [2.05, 4.69) is 21.2 Å². The van der Waals surface area contributed by atoms with Gasteiger partial charge in [-0.1, -0.05) is 65.5 Å². The smallest absolute Gasteiger partial charge is 0.331 e. The summed E-state index contributed by atoms with van der Waals surface area (Å²) in [7, 11) is 0. The lowest BCUT2D eigenvalue weighted by molar-refractivity contribution is -0.132. The molecule has 0 radical (unpaired) electrons. The summed E-state index contributed by atoms with van der Waals surface area (Å²) in [5.41, 5.74) is 1.53. The zero-order valence-corrected chi connectivity index (χ0v) is 18.6. The van der Waals surface area contributed by atoms with Crippen LogP contribution < -0.4 is 10.1 Å². The van der Waals surface area contributed by atoms with Crippen molar-refractivity contribution in [1.82, 2.24) is 10.2 Å². The molecule has 4 amide bonds. The highest BCUT2D eigenvalue weighted by atomic mass is 79.9. The number of hydrogen-bond donors (Lipinski definition) is 1. The zero-order chi connectivity index (χ0) is 21.8. The lowest BCUT2D eigenvalue weighted by atomic mass is 9.93. The van der Waals surface area contributed by atoms with Crippen molar-refractivity contribution in [2.75, 3.05) is 0 Å². The van der Waals surface area contributed by atoms with Gasteiger partial charge in [-0.15, -0.1) is 0 Å². The highest BCUT2D eigenvalue weighted by Crippen LogP contribution is 2.30. The fourth-order valence-corrected chi connectivity index (χ4v) is 4.38. The third-order valence-electron chi connectivity index (χ3n) is 5.58. The molecule has 1 saturated heterocycles. The van der Waals surface area contributed by atoms with Crippen LogP contribution in [0.4, 0.5) is 4.79 Å².